The molecule has 0 aliphatic carbocycles. The van der Waals surface area contributed by atoms with Crippen molar-refractivity contribution in [2.75, 3.05) is 0 Å². The van der Waals surface area contributed by atoms with Crippen LogP contribution in [0, 0.1) is 0 Å². The second kappa shape index (κ2) is 6.80. The predicted octanol–water partition coefficient (Wildman–Crippen LogP) is 6.26. The van der Waals surface area contributed by atoms with Gasteiger partial charge in [-0.1, -0.05) is 48.5 Å². The van der Waals surface area contributed by atoms with Gasteiger partial charge in [-0.2, -0.15) is 0 Å². The van der Waals surface area contributed by atoms with Crippen molar-refractivity contribution >= 4 is 54.8 Å². The normalized spacial score (nSPS) is 11.8. The lowest BCUT2D eigenvalue weighted by molar-refractivity contribution is 0.597. The molecule has 0 saturated carbocycles. The topological polar surface area (TPSA) is 48.8 Å². The molecule has 6 rings (SSSR count). The van der Waals surface area contributed by atoms with Gasteiger partial charge in [0.05, 0.1) is 32.8 Å². The molecule has 3 nitrogen and oxygen atoms in total. The smallest absolute Gasteiger partial charge is 0.167 e. The van der Waals surface area contributed by atoms with Gasteiger partial charge in [-0.25, -0.2) is 9.97 Å². The summed E-state index contributed by atoms with van der Waals surface area (Å²) in [6.45, 7) is 0. The van der Waals surface area contributed by atoms with Crippen LogP contribution >= 0.6 is 0 Å². The van der Waals surface area contributed by atoms with Crippen LogP contribution in [-0.4, -0.2) is 14.5 Å². The Bertz CT molecular complexity index is 1460. The minimum absolute atomic E-state index is 0.770. The van der Waals surface area contributed by atoms with Crippen molar-refractivity contribution in [3.8, 4) is 0 Å². The molecule has 0 aliphatic rings. The molecule has 0 unspecified atom stereocenters. The van der Waals surface area contributed by atoms with E-state index >= 15 is 0 Å². The van der Waals surface area contributed by atoms with Crippen molar-refractivity contribution in [2.45, 2.75) is 9.79 Å². The Kier molecular flexibility index (Phi) is 3.94. The van der Waals surface area contributed by atoms with E-state index in [4.69, 9.17) is 9.97 Å². The molecule has 0 saturated heterocycles. The molecule has 0 radical (unpaired) electrons. The zero-order valence-electron chi connectivity index (χ0n) is 15.9. The summed E-state index contributed by atoms with van der Waals surface area (Å²) in [6.07, 6.45) is 0. The van der Waals surface area contributed by atoms with E-state index in [-0.39, 0.29) is 0 Å². The number of pyridine rings is 2. The van der Waals surface area contributed by atoms with Gasteiger partial charge < -0.3 is 4.55 Å². The van der Waals surface area contributed by atoms with Crippen LogP contribution in [0.1, 0.15) is 0 Å². The van der Waals surface area contributed by atoms with Crippen LogP contribution in [0.3, 0.4) is 0 Å². The van der Waals surface area contributed by atoms with Gasteiger partial charge >= 0.3 is 0 Å². The van der Waals surface area contributed by atoms with Crippen molar-refractivity contribution in [3.63, 3.8) is 0 Å². The molecule has 0 spiro atoms. The van der Waals surface area contributed by atoms with Crippen LogP contribution in [0.2, 0.25) is 0 Å². The van der Waals surface area contributed by atoms with Crippen molar-refractivity contribution in [1.29, 1.82) is 0 Å². The summed E-state index contributed by atoms with van der Waals surface area (Å²) >= 11 is -1.36. The average molecular weight is 404 g/mol. The largest absolute Gasteiger partial charge is 0.606 e. The third-order valence-electron chi connectivity index (χ3n) is 5.44. The fourth-order valence-electron chi connectivity index (χ4n) is 3.99. The van der Waals surface area contributed by atoms with Crippen LogP contribution in [0.15, 0.2) is 107 Å². The molecule has 4 aromatic carbocycles. The Balaban J connectivity index is 1.60. The summed E-state index contributed by atoms with van der Waals surface area (Å²) in [4.78, 5) is 11.1. The molecule has 0 N–H and O–H groups in total. The maximum atomic E-state index is 13.8. The van der Waals surface area contributed by atoms with Crippen molar-refractivity contribution < 1.29 is 4.55 Å². The second-order valence-electron chi connectivity index (χ2n) is 7.28. The molecule has 0 atom stereocenters. The third kappa shape index (κ3) is 2.73. The first-order valence-electron chi connectivity index (χ1n) is 9.77. The molecule has 6 aromatic rings. The number of para-hydroxylation sites is 2. The van der Waals surface area contributed by atoms with Crippen LogP contribution in [0.25, 0.3) is 43.6 Å². The lowest BCUT2D eigenvalue weighted by atomic mass is 10.1. The van der Waals surface area contributed by atoms with Gasteiger partial charge in [-0.15, -0.1) is 0 Å². The molecule has 0 bridgehead atoms. The van der Waals surface area contributed by atoms with Crippen LogP contribution in [0.4, 0.5) is 0 Å². The number of rotatable bonds is 2. The predicted molar refractivity (Wildman–Crippen MR) is 123 cm³/mol. The fraction of sp³-hybridized carbons (Fsp3) is 0. The summed E-state index contributed by atoms with van der Waals surface area (Å²) in [6, 6.07) is 31.9. The highest BCUT2D eigenvalue weighted by molar-refractivity contribution is 7.92. The number of aromatic nitrogens is 2. The first kappa shape index (κ1) is 17.4. The van der Waals surface area contributed by atoms with Crippen LogP contribution in [0.5, 0.6) is 0 Å². The minimum atomic E-state index is -1.36. The maximum Gasteiger partial charge on any atom is 0.167 e. The number of benzene rings is 4. The van der Waals surface area contributed by atoms with E-state index in [0.29, 0.717) is 0 Å². The van der Waals surface area contributed by atoms with Gasteiger partial charge in [0.1, 0.15) is 0 Å². The Hall–Kier alpha value is -3.47. The van der Waals surface area contributed by atoms with Gasteiger partial charge in [0.2, 0.25) is 0 Å². The van der Waals surface area contributed by atoms with E-state index in [1.807, 2.05) is 84.9 Å². The molecule has 2 heterocycles. The van der Waals surface area contributed by atoms with E-state index in [2.05, 4.69) is 12.1 Å². The number of hydrogen-bond donors (Lipinski definition) is 0. The number of hydrogen-bond acceptors (Lipinski definition) is 3. The number of fused-ring (bicyclic) bond motifs is 4. The molecule has 0 aliphatic heterocycles. The van der Waals surface area contributed by atoms with E-state index in [9.17, 15) is 4.55 Å². The molecule has 0 amide bonds. The molecular formula is C26H16N2OS. The highest BCUT2D eigenvalue weighted by Crippen LogP contribution is 2.33. The van der Waals surface area contributed by atoms with Gasteiger partial charge in [-0.3, -0.25) is 0 Å². The van der Waals surface area contributed by atoms with Crippen molar-refractivity contribution in [3.05, 3.63) is 97.1 Å². The second-order valence-corrected chi connectivity index (χ2v) is 8.69. The molecule has 0 fully saturated rings. The highest BCUT2D eigenvalue weighted by atomic mass is 32.2. The first-order valence-corrected chi connectivity index (χ1v) is 10.9. The Morgan fingerprint density at radius 1 is 0.500 bits per heavy atom. The Labute approximate surface area is 176 Å². The summed E-state index contributed by atoms with van der Waals surface area (Å²) in [5.74, 6) is 0. The zero-order chi connectivity index (χ0) is 20.1. The van der Waals surface area contributed by atoms with Gasteiger partial charge in [-0.05, 0) is 48.5 Å². The molecular weight excluding hydrogens is 388 g/mol. The van der Waals surface area contributed by atoms with Gasteiger partial charge in [0.25, 0.3) is 0 Å². The average Bonchev–Trinajstić information content (AvgIpc) is 2.80. The van der Waals surface area contributed by atoms with Gasteiger partial charge in [0.15, 0.2) is 9.79 Å². The lowest BCUT2D eigenvalue weighted by Crippen LogP contribution is -2.04. The molecule has 2 aromatic heterocycles. The number of nitrogens with zero attached hydrogens (tertiary/aromatic N) is 2. The summed E-state index contributed by atoms with van der Waals surface area (Å²) in [7, 11) is 0. The SMILES string of the molecule is [O-][S+](c1cccc2nc3ccccc3cc12)c1cccc2nc3ccccc3cc12. The third-order valence-corrected chi connectivity index (χ3v) is 6.95. The van der Waals surface area contributed by atoms with Crippen LogP contribution in [-0.2, 0) is 11.2 Å². The summed E-state index contributed by atoms with van der Waals surface area (Å²) in [5, 5.41) is 3.92. The first-order chi connectivity index (χ1) is 14.8. The highest BCUT2D eigenvalue weighted by Gasteiger charge is 2.22. The van der Waals surface area contributed by atoms with Crippen molar-refractivity contribution in [2.24, 2.45) is 0 Å². The van der Waals surface area contributed by atoms with Crippen LogP contribution < -0.4 is 0 Å². The molecule has 30 heavy (non-hydrogen) atoms. The fourth-order valence-corrected chi connectivity index (χ4v) is 5.35. The molecule has 4 heteroatoms. The zero-order valence-corrected chi connectivity index (χ0v) is 16.8. The van der Waals surface area contributed by atoms with E-state index in [0.717, 1.165) is 53.4 Å². The Morgan fingerprint density at radius 2 is 0.933 bits per heavy atom. The standard InChI is InChI=1S/C26H16N2OS/c29-30(25-13-5-11-23-19(25)15-17-7-1-3-9-21(17)27-23)26-14-6-12-24-20(26)16-18-8-2-4-10-22(18)28-24/h1-16H. The van der Waals surface area contributed by atoms with E-state index in [1.165, 1.54) is 0 Å². The van der Waals surface area contributed by atoms with E-state index < -0.39 is 11.2 Å². The minimum Gasteiger partial charge on any atom is -0.606 e. The molecule has 142 valence electrons. The monoisotopic (exact) mass is 404 g/mol. The quantitative estimate of drug-likeness (QED) is 0.253. The lowest BCUT2D eigenvalue weighted by Gasteiger charge is -2.14. The summed E-state index contributed by atoms with van der Waals surface area (Å²) < 4.78 is 13.8. The van der Waals surface area contributed by atoms with Gasteiger partial charge in [0, 0.05) is 21.9 Å². The Morgan fingerprint density at radius 3 is 1.43 bits per heavy atom. The van der Waals surface area contributed by atoms with E-state index in [1.54, 1.807) is 0 Å². The summed E-state index contributed by atoms with van der Waals surface area (Å²) in [5.41, 5.74) is 3.58. The van der Waals surface area contributed by atoms with Crippen molar-refractivity contribution in [1.82, 2.24) is 9.97 Å². The maximum absolute atomic E-state index is 13.8.